The van der Waals surface area contributed by atoms with Gasteiger partial charge < -0.3 is 30.2 Å². The Hall–Kier alpha value is -3.64. The largest absolute Gasteiger partial charge is 0.371 e. The van der Waals surface area contributed by atoms with Gasteiger partial charge in [0, 0.05) is 55.6 Å². The summed E-state index contributed by atoms with van der Waals surface area (Å²) in [5.41, 5.74) is 8.81. The van der Waals surface area contributed by atoms with Gasteiger partial charge >= 0.3 is 0 Å². The van der Waals surface area contributed by atoms with Crippen molar-refractivity contribution < 1.29 is 23.8 Å². The Kier molecular flexibility index (Phi) is 33.9. The van der Waals surface area contributed by atoms with E-state index in [1.807, 2.05) is 45.0 Å². The maximum absolute atomic E-state index is 11.8. The van der Waals surface area contributed by atoms with E-state index in [0.717, 1.165) is 47.1 Å². The molecule has 3 aromatic rings. The summed E-state index contributed by atoms with van der Waals surface area (Å²) in [6.07, 6.45) is 7.57. The topological polar surface area (TPSA) is 104 Å². The van der Waals surface area contributed by atoms with Crippen molar-refractivity contribution in [2.24, 2.45) is 33.5 Å². The maximum atomic E-state index is 11.8. The minimum absolute atomic E-state index is 0.0260. The molecule has 2 amide bonds. The Balaban J connectivity index is 0.000000562. The molecule has 0 aliphatic carbocycles. The molecule has 89 heavy (non-hydrogen) atoms. The highest BCUT2D eigenvalue weighted by atomic mass is 16.5. The fourth-order valence-corrected chi connectivity index (χ4v) is 9.76. The van der Waals surface area contributed by atoms with Crippen molar-refractivity contribution in [3.8, 4) is 0 Å². The van der Waals surface area contributed by atoms with Crippen LogP contribution in [-0.4, -0.2) is 81.2 Å². The monoisotopic (exact) mass is 1240 g/mol. The highest BCUT2D eigenvalue weighted by Gasteiger charge is 2.34. The smallest absolute Gasteiger partial charge is 0.220 e. The molecule has 2 fully saturated rings. The van der Waals surface area contributed by atoms with E-state index in [9.17, 15) is 9.59 Å². The number of rotatable bonds is 15. The molecule has 2 aliphatic heterocycles. The second-order valence-corrected chi connectivity index (χ2v) is 36.2. The number of amides is 2. The van der Waals surface area contributed by atoms with Crippen molar-refractivity contribution in [2.75, 3.05) is 26.2 Å². The number of nitrogens with one attached hydrogen (secondary N) is 3. The van der Waals surface area contributed by atoms with E-state index in [4.69, 9.17) is 14.2 Å². The summed E-state index contributed by atoms with van der Waals surface area (Å²) in [5.74, 6) is 2.01. The molecule has 2 aliphatic rings. The number of hydrogen-bond donors (Lipinski definition) is 3. The number of benzene rings is 3. The average Bonchev–Trinajstić information content (AvgIpc) is 2.64. The van der Waals surface area contributed by atoms with Gasteiger partial charge in [-0.25, -0.2) is 0 Å². The maximum Gasteiger partial charge on any atom is 0.220 e. The molecule has 512 valence electrons. The zero-order chi connectivity index (χ0) is 68.7. The van der Waals surface area contributed by atoms with Crippen molar-refractivity contribution >= 4 is 11.8 Å². The molecule has 3 N–H and O–H groups in total. The number of ether oxygens (including phenoxy) is 3. The first-order valence-corrected chi connectivity index (χ1v) is 34.1. The van der Waals surface area contributed by atoms with Crippen LogP contribution in [0, 0.1) is 33.5 Å². The lowest BCUT2D eigenvalue weighted by atomic mass is 9.75. The Morgan fingerprint density at radius 2 is 0.742 bits per heavy atom. The first kappa shape index (κ1) is 83.4. The van der Waals surface area contributed by atoms with Crippen LogP contribution >= 0.6 is 0 Å². The summed E-state index contributed by atoms with van der Waals surface area (Å²) in [6, 6.07) is 25.0. The third kappa shape index (κ3) is 43.0. The molecule has 3 aromatic carbocycles. The zero-order valence-corrected chi connectivity index (χ0v) is 63.5. The van der Waals surface area contributed by atoms with Gasteiger partial charge in [0.1, 0.15) is 0 Å². The standard InChI is InChI=1S/C19H31NO2.C18H29NO2.C16H27NO.2C13H27N/c1-18(2,3)12-11-17(21)20-13-15-7-9-16(10-8-15)14-22-19(4,5)6;1-17(2,3)11-16(20)19-12-14-7-9-15(10-8-14)13-21-18(4,5)6;1-15(2,3)17-11-13-7-9-14(10-8-13)12-18-16(4,5)6;1-12(2,3)11-7-9-14(10-8-11)13(4,5)6;1-12(2,3)11-8-7-9-14(10-11)13(4,5)6/h7-10H,11-14H2,1-6H3,(H,20,21);7-10H,11-13H2,1-6H3,(H,19,20);7-10,17H,11-12H2,1-6H3;2*11H,7-10H2,1-6H3. The van der Waals surface area contributed by atoms with Crippen molar-refractivity contribution in [1.29, 1.82) is 0 Å². The number of carbonyl (C=O) groups is 2. The highest BCUT2D eigenvalue weighted by Crippen LogP contribution is 2.37. The van der Waals surface area contributed by atoms with Gasteiger partial charge in [0.05, 0.1) is 36.6 Å². The van der Waals surface area contributed by atoms with Gasteiger partial charge in [0.15, 0.2) is 0 Å². The van der Waals surface area contributed by atoms with Crippen LogP contribution in [0.5, 0.6) is 0 Å². The summed E-state index contributed by atoms with van der Waals surface area (Å²) in [4.78, 5) is 28.9. The minimum Gasteiger partial charge on any atom is -0.371 e. The molecule has 0 spiro atoms. The van der Waals surface area contributed by atoms with Crippen molar-refractivity contribution in [2.45, 2.75) is 326 Å². The van der Waals surface area contributed by atoms with E-state index >= 15 is 0 Å². The van der Waals surface area contributed by atoms with E-state index in [1.54, 1.807) is 0 Å². The Morgan fingerprint density at radius 3 is 1.04 bits per heavy atom. The van der Waals surface area contributed by atoms with Crippen LogP contribution in [0.2, 0.25) is 0 Å². The fourth-order valence-electron chi connectivity index (χ4n) is 9.76. The number of nitrogens with zero attached hydrogens (tertiary/aromatic N) is 2. The molecule has 0 aromatic heterocycles. The lowest BCUT2D eigenvalue weighted by Gasteiger charge is -2.45. The summed E-state index contributed by atoms with van der Waals surface area (Å²) in [7, 11) is 0. The molecule has 2 saturated heterocycles. The van der Waals surface area contributed by atoms with Crippen LogP contribution in [0.1, 0.15) is 286 Å². The quantitative estimate of drug-likeness (QED) is 0.138. The van der Waals surface area contributed by atoms with Crippen LogP contribution in [-0.2, 0) is 63.3 Å². The molecular weight excluding hydrogens is 1100 g/mol. The molecular formula is C79H141N5O5. The third-order valence-electron chi connectivity index (χ3n) is 15.9. The van der Waals surface area contributed by atoms with Crippen LogP contribution in [0.15, 0.2) is 72.8 Å². The summed E-state index contributed by atoms with van der Waals surface area (Å²) >= 11 is 0. The molecule has 10 heteroatoms. The van der Waals surface area contributed by atoms with Crippen LogP contribution in [0.4, 0.5) is 0 Å². The SMILES string of the molecule is CC(C)(C)C1CCCN(C(C)(C)C)C1.CC(C)(C)C1CCN(C(C)(C)C)CC1.CC(C)(C)CC(=O)NCc1ccc(COC(C)(C)C)cc1.CC(C)(C)CCC(=O)NCc1ccc(COC(C)(C)C)cc1.CC(C)(C)NCc1ccc(COC(C)(C)C)cc1. The second-order valence-electron chi connectivity index (χ2n) is 36.2. The average molecular weight is 1240 g/mol. The van der Waals surface area contributed by atoms with Crippen LogP contribution in [0.25, 0.3) is 0 Å². The zero-order valence-electron chi connectivity index (χ0n) is 63.5. The first-order chi connectivity index (χ1) is 40.2. The van der Waals surface area contributed by atoms with Crippen molar-refractivity contribution in [3.05, 3.63) is 106 Å². The Bertz CT molecular complexity index is 2320. The summed E-state index contributed by atoms with van der Waals surface area (Å²) in [5, 5.41) is 9.42. The van der Waals surface area contributed by atoms with E-state index in [0.29, 0.717) is 67.7 Å². The van der Waals surface area contributed by atoms with E-state index in [-0.39, 0.29) is 45.0 Å². The van der Waals surface area contributed by atoms with Gasteiger partial charge in [0.2, 0.25) is 11.8 Å². The molecule has 10 nitrogen and oxygen atoms in total. The van der Waals surface area contributed by atoms with Gasteiger partial charge in [-0.1, -0.05) is 156 Å². The van der Waals surface area contributed by atoms with Gasteiger partial charge in [-0.05, 0) is 243 Å². The Morgan fingerprint density at radius 1 is 0.404 bits per heavy atom. The second kappa shape index (κ2) is 36.1. The molecule has 1 atom stereocenters. The third-order valence-corrected chi connectivity index (χ3v) is 15.9. The number of hydrogen-bond acceptors (Lipinski definition) is 8. The molecule has 0 saturated carbocycles. The normalized spacial score (nSPS) is 16.3. The highest BCUT2D eigenvalue weighted by molar-refractivity contribution is 5.76. The summed E-state index contributed by atoms with van der Waals surface area (Å²) < 4.78 is 17.2. The minimum atomic E-state index is -0.125. The molecule has 0 bridgehead atoms. The van der Waals surface area contributed by atoms with E-state index in [1.165, 1.54) is 63.0 Å². The van der Waals surface area contributed by atoms with E-state index in [2.05, 4.69) is 261 Å². The first-order valence-electron chi connectivity index (χ1n) is 34.1. The summed E-state index contributed by atoms with van der Waals surface area (Å²) in [6.45, 7) is 75.1. The van der Waals surface area contributed by atoms with Crippen LogP contribution in [0.3, 0.4) is 0 Å². The van der Waals surface area contributed by atoms with E-state index < -0.39 is 0 Å². The van der Waals surface area contributed by atoms with Gasteiger partial charge in [0.25, 0.3) is 0 Å². The molecule has 5 rings (SSSR count). The number of likely N-dealkylation sites (tertiary alicyclic amines) is 2. The van der Waals surface area contributed by atoms with Crippen molar-refractivity contribution in [1.82, 2.24) is 25.8 Å². The van der Waals surface area contributed by atoms with Gasteiger partial charge in [-0.15, -0.1) is 0 Å². The van der Waals surface area contributed by atoms with Crippen LogP contribution < -0.4 is 16.0 Å². The Labute approximate surface area is 550 Å². The predicted molar refractivity (Wildman–Crippen MR) is 383 cm³/mol. The van der Waals surface area contributed by atoms with Gasteiger partial charge in [-0.2, -0.15) is 0 Å². The molecule has 1 unspecified atom stereocenters. The van der Waals surface area contributed by atoms with Crippen molar-refractivity contribution in [3.63, 3.8) is 0 Å². The number of piperidine rings is 2. The molecule has 0 radical (unpaired) electrons. The van der Waals surface area contributed by atoms with Gasteiger partial charge in [-0.3, -0.25) is 19.4 Å². The fraction of sp³-hybridized carbons (Fsp3) is 0.747. The lowest BCUT2D eigenvalue weighted by molar-refractivity contribution is -0.123. The lowest BCUT2D eigenvalue weighted by Crippen LogP contribution is -2.49. The number of carbonyl (C=O) groups excluding carboxylic acids is 2. The molecule has 2 heterocycles. The predicted octanol–water partition coefficient (Wildman–Crippen LogP) is 19.5.